The molecule has 258 valence electrons. The molecule has 0 unspecified atom stereocenters. The Morgan fingerprint density at radius 3 is 1.89 bits per heavy atom. The zero-order valence-corrected chi connectivity index (χ0v) is 29.3. The van der Waals surface area contributed by atoms with Gasteiger partial charge >= 0.3 is 0 Å². The second kappa shape index (κ2) is 11.5. The Morgan fingerprint density at radius 2 is 1.02 bits per heavy atom. The predicted octanol–water partition coefficient (Wildman–Crippen LogP) is 13.9. The molecule has 0 radical (unpaired) electrons. The number of para-hydroxylation sites is 3. The molecule has 0 spiro atoms. The largest absolute Gasteiger partial charge is 0.456 e. The number of oxazole rings is 1. The van der Waals surface area contributed by atoms with Crippen LogP contribution in [-0.4, -0.2) is 9.55 Å². The summed E-state index contributed by atoms with van der Waals surface area (Å²) in [6.07, 6.45) is 0. The highest BCUT2D eigenvalue weighted by Crippen LogP contribution is 2.44. The van der Waals surface area contributed by atoms with Gasteiger partial charge in [0.2, 0.25) is 5.89 Å². The van der Waals surface area contributed by atoms with Crippen molar-refractivity contribution in [3.05, 3.63) is 176 Å². The van der Waals surface area contributed by atoms with Crippen LogP contribution in [0, 0.1) is 0 Å². The fraction of sp³-hybridized carbons (Fsp3) is 0. The molecule has 6 nitrogen and oxygen atoms in total. The quantitative estimate of drug-likeness (QED) is 0.178. The summed E-state index contributed by atoms with van der Waals surface area (Å²) in [4.78, 5) is 7.27. The van der Waals surface area contributed by atoms with Crippen LogP contribution in [0.1, 0.15) is 0 Å². The molecule has 6 heteroatoms. The van der Waals surface area contributed by atoms with Gasteiger partial charge in [0, 0.05) is 61.3 Å². The van der Waals surface area contributed by atoms with Gasteiger partial charge in [0.05, 0.1) is 16.4 Å². The number of fused-ring (bicyclic) bond motifs is 11. The zero-order valence-electron chi connectivity index (χ0n) is 29.3. The van der Waals surface area contributed by atoms with Crippen molar-refractivity contribution in [2.24, 2.45) is 0 Å². The van der Waals surface area contributed by atoms with Gasteiger partial charge in [0.25, 0.3) is 0 Å². The van der Waals surface area contributed by atoms with Gasteiger partial charge < -0.3 is 22.7 Å². The van der Waals surface area contributed by atoms with Crippen molar-refractivity contribution in [3.63, 3.8) is 0 Å². The van der Waals surface area contributed by atoms with Gasteiger partial charge in [0.15, 0.2) is 5.58 Å². The zero-order chi connectivity index (χ0) is 36.0. The van der Waals surface area contributed by atoms with Gasteiger partial charge in [-0.25, -0.2) is 4.98 Å². The van der Waals surface area contributed by atoms with Gasteiger partial charge in [-0.05, 0) is 97.1 Å². The second-order valence-electron chi connectivity index (χ2n) is 14.0. The molecule has 4 aromatic heterocycles. The molecule has 0 N–H and O–H groups in total. The average molecular weight is 708 g/mol. The van der Waals surface area contributed by atoms with Gasteiger partial charge in [-0.1, -0.05) is 72.8 Å². The van der Waals surface area contributed by atoms with Crippen molar-refractivity contribution in [3.8, 4) is 17.1 Å². The lowest BCUT2D eigenvalue weighted by molar-refractivity contribution is 0.619. The summed E-state index contributed by atoms with van der Waals surface area (Å²) in [6.45, 7) is 0. The van der Waals surface area contributed by atoms with Crippen molar-refractivity contribution in [1.82, 2.24) is 9.55 Å². The first-order valence-corrected chi connectivity index (χ1v) is 18.4. The van der Waals surface area contributed by atoms with E-state index in [1.54, 1.807) is 0 Å². The van der Waals surface area contributed by atoms with Crippen LogP contribution >= 0.6 is 0 Å². The number of furan rings is 2. The lowest BCUT2D eigenvalue weighted by Gasteiger charge is -2.26. The first kappa shape index (κ1) is 29.9. The summed E-state index contributed by atoms with van der Waals surface area (Å²) < 4.78 is 21.4. The number of anilines is 3. The van der Waals surface area contributed by atoms with Crippen LogP contribution in [0.25, 0.3) is 93.9 Å². The van der Waals surface area contributed by atoms with Crippen molar-refractivity contribution >= 4 is 93.8 Å². The number of hydrogen-bond donors (Lipinski definition) is 0. The van der Waals surface area contributed by atoms with Crippen LogP contribution in [0.3, 0.4) is 0 Å². The molecule has 12 aromatic rings. The molecule has 0 aliphatic heterocycles. The Balaban J connectivity index is 1.08. The molecule has 12 rings (SSSR count). The lowest BCUT2D eigenvalue weighted by atomic mass is 10.1. The van der Waals surface area contributed by atoms with E-state index in [-0.39, 0.29) is 0 Å². The van der Waals surface area contributed by atoms with Gasteiger partial charge in [-0.3, -0.25) is 0 Å². The van der Waals surface area contributed by atoms with Crippen LogP contribution in [0.15, 0.2) is 189 Å². The Hall–Kier alpha value is -7.57. The molecule has 0 aliphatic carbocycles. The maximum Gasteiger partial charge on any atom is 0.227 e. The van der Waals surface area contributed by atoms with Gasteiger partial charge in [-0.15, -0.1) is 0 Å². The molecule has 0 bridgehead atoms. The summed E-state index contributed by atoms with van der Waals surface area (Å²) in [5, 5.41) is 6.43. The highest BCUT2D eigenvalue weighted by Gasteiger charge is 2.22. The van der Waals surface area contributed by atoms with Crippen LogP contribution in [0.2, 0.25) is 0 Å². The number of benzene rings is 8. The van der Waals surface area contributed by atoms with E-state index < -0.39 is 0 Å². The maximum absolute atomic E-state index is 6.61. The van der Waals surface area contributed by atoms with Crippen LogP contribution in [0.4, 0.5) is 17.1 Å². The molecule has 4 heterocycles. The van der Waals surface area contributed by atoms with Crippen molar-refractivity contribution in [1.29, 1.82) is 0 Å². The summed E-state index contributed by atoms with van der Waals surface area (Å²) in [7, 11) is 0. The molecule has 0 amide bonds. The highest BCUT2D eigenvalue weighted by molar-refractivity contribution is 6.17. The number of hydrogen-bond acceptors (Lipinski definition) is 5. The molecule has 55 heavy (non-hydrogen) atoms. The minimum absolute atomic E-state index is 0.589. The molecular weight excluding hydrogens is 679 g/mol. The molecule has 0 fully saturated rings. The highest BCUT2D eigenvalue weighted by atomic mass is 16.4. The van der Waals surface area contributed by atoms with Crippen LogP contribution < -0.4 is 4.90 Å². The van der Waals surface area contributed by atoms with Crippen molar-refractivity contribution < 1.29 is 13.3 Å². The fourth-order valence-electron chi connectivity index (χ4n) is 8.34. The van der Waals surface area contributed by atoms with E-state index >= 15 is 0 Å². The molecule has 0 atom stereocenters. The van der Waals surface area contributed by atoms with Crippen LogP contribution in [-0.2, 0) is 0 Å². The minimum atomic E-state index is 0.589. The van der Waals surface area contributed by atoms with E-state index in [4.69, 9.17) is 18.2 Å². The monoisotopic (exact) mass is 707 g/mol. The van der Waals surface area contributed by atoms with E-state index in [1.165, 1.54) is 10.8 Å². The SMILES string of the molecule is c1ccc(-c2nc3c(ccc4oc5cc(N(c6ccc7oc8ccccc8c7c6)c6ccc7c(c6)c6ccccc6n7-c6ccccc6)ccc5c43)o2)cc1. The Morgan fingerprint density at radius 1 is 0.400 bits per heavy atom. The van der Waals surface area contributed by atoms with Crippen LogP contribution in [0.5, 0.6) is 0 Å². The van der Waals surface area contributed by atoms with E-state index in [0.29, 0.717) is 5.89 Å². The Kier molecular flexibility index (Phi) is 6.24. The molecule has 0 saturated heterocycles. The third kappa shape index (κ3) is 4.52. The van der Waals surface area contributed by atoms with E-state index in [1.807, 2.05) is 54.6 Å². The molecule has 0 aliphatic rings. The molecular formula is C49H29N3O3. The normalized spacial score (nSPS) is 12.0. The number of nitrogens with zero attached hydrogens (tertiary/aromatic N) is 3. The summed E-state index contributed by atoms with van der Waals surface area (Å²) >= 11 is 0. The van der Waals surface area contributed by atoms with Crippen molar-refractivity contribution in [2.45, 2.75) is 0 Å². The number of aromatic nitrogens is 2. The molecule has 8 aromatic carbocycles. The standard InChI is InChI=1S/C49H29N3O3/c1-3-11-30(12-4-1)49-50-48-45(55-49)26-25-44-47(48)37-22-19-34(29-46(37)54-44)51(33-21-24-43-39(28-33)36-16-8-10-18-42(36)53-43)32-20-23-41-38(27-32)35-15-7-9-17-40(35)52(41)31-13-5-2-6-14-31/h1-29H. The summed E-state index contributed by atoms with van der Waals surface area (Å²) in [5.41, 5.74) is 12.1. The van der Waals surface area contributed by atoms with Crippen molar-refractivity contribution in [2.75, 3.05) is 4.90 Å². The minimum Gasteiger partial charge on any atom is -0.456 e. The fourth-order valence-corrected chi connectivity index (χ4v) is 8.34. The van der Waals surface area contributed by atoms with E-state index in [0.717, 1.165) is 94.3 Å². The third-order valence-electron chi connectivity index (χ3n) is 10.8. The van der Waals surface area contributed by atoms with E-state index in [2.05, 4.69) is 131 Å². The van der Waals surface area contributed by atoms with Gasteiger partial charge in [0.1, 0.15) is 27.8 Å². The predicted molar refractivity (Wildman–Crippen MR) is 223 cm³/mol. The summed E-state index contributed by atoms with van der Waals surface area (Å²) in [6, 6.07) is 61.0. The smallest absolute Gasteiger partial charge is 0.227 e. The second-order valence-corrected chi connectivity index (χ2v) is 14.0. The Bertz CT molecular complexity index is 3440. The first-order valence-electron chi connectivity index (χ1n) is 18.4. The molecule has 0 saturated carbocycles. The topological polar surface area (TPSA) is 60.5 Å². The van der Waals surface area contributed by atoms with Gasteiger partial charge in [-0.2, -0.15) is 0 Å². The number of rotatable bonds is 5. The van der Waals surface area contributed by atoms with E-state index in [9.17, 15) is 0 Å². The lowest BCUT2D eigenvalue weighted by Crippen LogP contribution is -2.09. The first-order chi connectivity index (χ1) is 27.2. The average Bonchev–Trinajstić information content (AvgIpc) is 4.01. The third-order valence-corrected chi connectivity index (χ3v) is 10.8. The maximum atomic E-state index is 6.61. The Labute approximate surface area is 313 Å². The summed E-state index contributed by atoms with van der Waals surface area (Å²) in [5.74, 6) is 0.589.